The molecule has 0 unspecified atom stereocenters. The molecule has 0 aliphatic carbocycles. The Kier molecular flexibility index (Phi) is 8.56. The van der Waals surface area contributed by atoms with E-state index in [1.807, 2.05) is 18.2 Å². The lowest BCUT2D eigenvalue weighted by atomic mass is 10.0. The van der Waals surface area contributed by atoms with Gasteiger partial charge in [-0.3, -0.25) is 0 Å². The van der Waals surface area contributed by atoms with E-state index in [0.717, 1.165) is 18.4 Å². The predicted octanol–water partition coefficient (Wildman–Crippen LogP) is 5.34. The number of unbranched alkanes of at least 4 members (excludes halogenated alkanes) is 3. The Morgan fingerprint density at radius 3 is 1.96 bits per heavy atom. The van der Waals surface area contributed by atoms with Crippen molar-refractivity contribution in [2.45, 2.75) is 52.6 Å². The van der Waals surface area contributed by atoms with Crippen LogP contribution in [-0.2, 0) is 22.5 Å². The van der Waals surface area contributed by atoms with E-state index in [9.17, 15) is 9.59 Å². The summed E-state index contributed by atoms with van der Waals surface area (Å²) in [5.41, 5.74) is 2.68. The smallest absolute Gasteiger partial charge is 0.339 e. The summed E-state index contributed by atoms with van der Waals surface area (Å²) < 4.78 is 10.5. The first-order valence-corrected chi connectivity index (χ1v) is 9.67. The van der Waals surface area contributed by atoms with Gasteiger partial charge in [0.15, 0.2) is 0 Å². The molecule has 0 spiro atoms. The Labute approximate surface area is 161 Å². The van der Waals surface area contributed by atoms with Gasteiger partial charge >= 0.3 is 11.9 Å². The van der Waals surface area contributed by atoms with E-state index in [1.165, 1.54) is 24.8 Å². The minimum atomic E-state index is -0.514. The van der Waals surface area contributed by atoms with Crippen molar-refractivity contribution in [1.29, 1.82) is 0 Å². The van der Waals surface area contributed by atoms with Crippen LogP contribution in [0.3, 0.4) is 0 Å². The van der Waals surface area contributed by atoms with Crippen LogP contribution in [0.5, 0.6) is 0 Å². The summed E-state index contributed by atoms with van der Waals surface area (Å²) in [6.45, 7) is 4.38. The van der Waals surface area contributed by atoms with Crippen LogP contribution in [0, 0.1) is 0 Å². The Bertz CT molecular complexity index is 752. The summed E-state index contributed by atoms with van der Waals surface area (Å²) >= 11 is 0. The van der Waals surface area contributed by atoms with E-state index in [2.05, 4.69) is 13.0 Å². The van der Waals surface area contributed by atoms with E-state index in [4.69, 9.17) is 9.47 Å². The molecule has 0 saturated carbocycles. The van der Waals surface area contributed by atoms with Crippen LogP contribution >= 0.6 is 0 Å². The number of benzene rings is 2. The molecule has 144 valence electrons. The second-order valence-electron chi connectivity index (χ2n) is 6.42. The van der Waals surface area contributed by atoms with Gasteiger partial charge in [0.25, 0.3) is 0 Å². The van der Waals surface area contributed by atoms with Gasteiger partial charge in [0, 0.05) is 0 Å². The third kappa shape index (κ3) is 6.24. The highest BCUT2D eigenvalue weighted by molar-refractivity contribution is 6.03. The maximum atomic E-state index is 12.5. The average molecular weight is 368 g/mol. The molecule has 0 heterocycles. The first-order chi connectivity index (χ1) is 13.2. The number of hydrogen-bond donors (Lipinski definition) is 0. The first-order valence-electron chi connectivity index (χ1n) is 9.67. The van der Waals surface area contributed by atoms with E-state index in [1.54, 1.807) is 31.2 Å². The van der Waals surface area contributed by atoms with Gasteiger partial charge in [-0.05, 0) is 43.0 Å². The standard InChI is InChI=1S/C23H28O4/c1-3-5-6-7-12-18-13-8-9-14-19(18)17-27-23(25)21-16-11-10-15-20(21)22(24)26-4-2/h8-11,13-16H,3-7,12,17H2,1-2H3. The number of rotatable bonds is 10. The van der Waals surface area contributed by atoms with Crippen molar-refractivity contribution in [1.82, 2.24) is 0 Å². The third-order valence-electron chi connectivity index (χ3n) is 4.42. The molecule has 0 aliphatic rings. The number of hydrogen-bond acceptors (Lipinski definition) is 4. The van der Waals surface area contributed by atoms with Gasteiger partial charge in [-0.2, -0.15) is 0 Å². The molecule has 0 radical (unpaired) electrons. The lowest BCUT2D eigenvalue weighted by Crippen LogP contribution is -2.14. The summed E-state index contributed by atoms with van der Waals surface area (Å²) in [6.07, 6.45) is 5.76. The molecule has 2 rings (SSSR count). The van der Waals surface area contributed by atoms with Crippen LogP contribution in [-0.4, -0.2) is 18.5 Å². The van der Waals surface area contributed by atoms with Crippen molar-refractivity contribution in [2.24, 2.45) is 0 Å². The molecule has 4 heteroatoms. The van der Waals surface area contributed by atoms with Gasteiger partial charge in [0.1, 0.15) is 6.61 Å². The summed E-state index contributed by atoms with van der Waals surface area (Å²) in [6, 6.07) is 14.6. The van der Waals surface area contributed by atoms with E-state index < -0.39 is 11.9 Å². The zero-order valence-electron chi connectivity index (χ0n) is 16.2. The lowest BCUT2D eigenvalue weighted by molar-refractivity contribution is 0.0444. The molecule has 27 heavy (non-hydrogen) atoms. The number of esters is 2. The van der Waals surface area contributed by atoms with Crippen molar-refractivity contribution in [2.75, 3.05) is 6.61 Å². The van der Waals surface area contributed by atoms with Gasteiger partial charge in [-0.1, -0.05) is 62.6 Å². The maximum Gasteiger partial charge on any atom is 0.339 e. The molecule has 0 N–H and O–H groups in total. The number of aryl methyl sites for hydroxylation is 1. The fraction of sp³-hybridized carbons (Fsp3) is 0.391. The number of carbonyl (C=O) groups excluding carboxylic acids is 2. The molecule has 0 amide bonds. The van der Waals surface area contributed by atoms with Crippen molar-refractivity contribution < 1.29 is 19.1 Å². The fourth-order valence-corrected chi connectivity index (χ4v) is 2.95. The van der Waals surface area contributed by atoms with E-state index >= 15 is 0 Å². The second-order valence-corrected chi connectivity index (χ2v) is 6.42. The normalized spacial score (nSPS) is 10.4. The van der Waals surface area contributed by atoms with Gasteiger partial charge in [0.05, 0.1) is 17.7 Å². The molecule has 0 saturated heterocycles. The summed E-state index contributed by atoms with van der Waals surface area (Å²) in [5.74, 6) is -1.03. The summed E-state index contributed by atoms with van der Waals surface area (Å²) in [5, 5.41) is 0. The number of carbonyl (C=O) groups is 2. The molecule has 0 aromatic heterocycles. The van der Waals surface area contributed by atoms with Crippen LogP contribution in [0.2, 0.25) is 0 Å². The highest BCUT2D eigenvalue weighted by atomic mass is 16.5. The third-order valence-corrected chi connectivity index (χ3v) is 4.42. The zero-order valence-corrected chi connectivity index (χ0v) is 16.2. The zero-order chi connectivity index (χ0) is 19.5. The molecule has 0 bridgehead atoms. The van der Waals surface area contributed by atoms with Crippen molar-refractivity contribution in [3.63, 3.8) is 0 Å². The van der Waals surface area contributed by atoms with Crippen molar-refractivity contribution in [3.05, 3.63) is 70.8 Å². The average Bonchev–Trinajstić information content (AvgIpc) is 2.70. The van der Waals surface area contributed by atoms with Gasteiger partial charge < -0.3 is 9.47 Å². The largest absolute Gasteiger partial charge is 0.462 e. The minimum absolute atomic E-state index is 0.194. The van der Waals surface area contributed by atoms with Gasteiger partial charge in [0.2, 0.25) is 0 Å². The molecular formula is C23H28O4. The number of ether oxygens (including phenoxy) is 2. The highest BCUT2D eigenvalue weighted by Gasteiger charge is 2.19. The topological polar surface area (TPSA) is 52.6 Å². The van der Waals surface area contributed by atoms with Crippen LogP contribution < -0.4 is 0 Å². The Morgan fingerprint density at radius 1 is 0.741 bits per heavy atom. The van der Waals surface area contributed by atoms with E-state index in [0.29, 0.717) is 0 Å². The second kappa shape index (κ2) is 11.2. The Morgan fingerprint density at radius 2 is 1.33 bits per heavy atom. The van der Waals surface area contributed by atoms with Crippen LogP contribution in [0.15, 0.2) is 48.5 Å². The Balaban J connectivity index is 2.03. The van der Waals surface area contributed by atoms with Gasteiger partial charge in [-0.25, -0.2) is 9.59 Å². The van der Waals surface area contributed by atoms with Gasteiger partial charge in [-0.15, -0.1) is 0 Å². The quantitative estimate of drug-likeness (QED) is 0.419. The summed E-state index contributed by atoms with van der Waals surface area (Å²) in [4.78, 5) is 24.6. The SMILES string of the molecule is CCCCCCc1ccccc1COC(=O)c1ccccc1C(=O)OCC. The molecule has 0 fully saturated rings. The highest BCUT2D eigenvalue weighted by Crippen LogP contribution is 2.17. The molecule has 0 aliphatic heterocycles. The summed E-state index contributed by atoms with van der Waals surface area (Å²) in [7, 11) is 0. The first kappa shape index (κ1) is 20.7. The molecule has 4 nitrogen and oxygen atoms in total. The molecular weight excluding hydrogens is 340 g/mol. The van der Waals surface area contributed by atoms with Crippen molar-refractivity contribution >= 4 is 11.9 Å². The minimum Gasteiger partial charge on any atom is -0.462 e. The predicted molar refractivity (Wildman–Crippen MR) is 106 cm³/mol. The molecule has 2 aromatic rings. The molecule has 0 atom stereocenters. The van der Waals surface area contributed by atoms with Crippen LogP contribution in [0.4, 0.5) is 0 Å². The molecule has 2 aromatic carbocycles. The van der Waals surface area contributed by atoms with Crippen molar-refractivity contribution in [3.8, 4) is 0 Å². The van der Waals surface area contributed by atoms with Crippen LogP contribution in [0.25, 0.3) is 0 Å². The lowest BCUT2D eigenvalue weighted by Gasteiger charge is -2.12. The maximum absolute atomic E-state index is 12.5. The fourth-order valence-electron chi connectivity index (χ4n) is 2.95. The van der Waals surface area contributed by atoms with Crippen LogP contribution in [0.1, 0.15) is 71.4 Å². The van der Waals surface area contributed by atoms with E-state index in [-0.39, 0.29) is 24.3 Å². The Hall–Kier alpha value is -2.62. The monoisotopic (exact) mass is 368 g/mol.